The Bertz CT molecular complexity index is 839. The molecular weight excluding hydrogens is 372 g/mol. The van der Waals surface area contributed by atoms with Gasteiger partial charge < -0.3 is 0 Å². The second-order valence-electron chi connectivity index (χ2n) is 10.0. The molecule has 4 unspecified atom stereocenters. The fourth-order valence-corrected chi connectivity index (χ4v) is 6.13. The summed E-state index contributed by atoms with van der Waals surface area (Å²) in [6.07, 6.45) is 20.1. The predicted molar refractivity (Wildman–Crippen MR) is 135 cm³/mol. The van der Waals surface area contributed by atoms with E-state index in [1.807, 2.05) is 6.08 Å². The average Bonchev–Trinajstić information content (AvgIpc) is 2.83. The Balaban J connectivity index is 1.32. The summed E-state index contributed by atoms with van der Waals surface area (Å²) in [7, 11) is 0. The average molecular weight is 413 g/mol. The van der Waals surface area contributed by atoms with Gasteiger partial charge in [-0.25, -0.2) is 0 Å². The Labute approximate surface area is 190 Å². The maximum Gasteiger partial charge on any atom is -0.0159 e. The molecule has 0 spiro atoms. The van der Waals surface area contributed by atoms with Crippen LogP contribution in [0.3, 0.4) is 0 Å². The molecule has 0 aliphatic heterocycles. The van der Waals surface area contributed by atoms with Gasteiger partial charge in [-0.3, -0.25) is 0 Å². The number of rotatable bonds is 8. The molecule has 0 amide bonds. The van der Waals surface area contributed by atoms with E-state index in [0.717, 1.165) is 36.5 Å². The number of allylic oxidation sites excluding steroid dienone is 3. The molecule has 0 heteroatoms. The third kappa shape index (κ3) is 5.79. The van der Waals surface area contributed by atoms with Gasteiger partial charge in [0.15, 0.2) is 0 Å². The van der Waals surface area contributed by atoms with Crippen molar-refractivity contribution >= 4 is 0 Å². The highest BCUT2D eigenvalue weighted by Crippen LogP contribution is 2.48. The lowest BCUT2D eigenvalue weighted by Crippen LogP contribution is -2.30. The monoisotopic (exact) mass is 412 g/mol. The van der Waals surface area contributed by atoms with E-state index >= 15 is 0 Å². The third-order valence-electron chi connectivity index (χ3n) is 8.01. The fraction of sp³-hybridized carbons (Fsp3) is 0.484. The summed E-state index contributed by atoms with van der Waals surface area (Å²) in [4.78, 5) is 0. The molecule has 2 aliphatic carbocycles. The summed E-state index contributed by atoms with van der Waals surface area (Å²) >= 11 is 0. The maximum atomic E-state index is 3.82. The number of benzene rings is 2. The van der Waals surface area contributed by atoms with E-state index in [4.69, 9.17) is 0 Å². The van der Waals surface area contributed by atoms with Gasteiger partial charge in [0.05, 0.1) is 0 Å². The molecule has 2 fully saturated rings. The normalized spacial score (nSPS) is 26.0. The first-order valence-electron chi connectivity index (χ1n) is 12.7. The first kappa shape index (κ1) is 22.1. The second-order valence-corrected chi connectivity index (χ2v) is 10.0. The SMILES string of the molecule is C=CCCc1ccc(-c2ccc(C3CCC4CC(CC/C=C/C)CCC4C3)cc2)cc1. The summed E-state index contributed by atoms with van der Waals surface area (Å²) in [5.41, 5.74) is 5.64. The van der Waals surface area contributed by atoms with Crippen LogP contribution in [0.15, 0.2) is 73.3 Å². The van der Waals surface area contributed by atoms with Crippen LogP contribution in [0, 0.1) is 17.8 Å². The number of hydrogen-bond acceptors (Lipinski definition) is 0. The highest BCUT2D eigenvalue weighted by atomic mass is 14.4. The summed E-state index contributed by atoms with van der Waals surface area (Å²) < 4.78 is 0. The highest BCUT2D eigenvalue weighted by Gasteiger charge is 2.35. The lowest BCUT2D eigenvalue weighted by atomic mass is 9.63. The summed E-state index contributed by atoms with van der Waals surface area (Å²) in [5, 5.41) is 0. The lowest BCUT2D eigenvalue weighted by Gasteiger charge is -2.42. The third-order valence-corrected chi connectivity index (χ3v) is 8.01. The Kier molecular flexibility index (Phi) is 7.84. The van der Waals surface area contributed by atoms with Crippen LogP contribution in [-0.4, -0.2) is 0 Å². The standard InChI is InChI=1S/C31H40/c1-3-5-7-9-25-12-15-31-23-30(21-20-29(31)22-25)28-18-16-27(17-19-28)26-13-10-24(11-14-26)8-6-4-2/h3-5,10-11,13-14,16-19,25,29-31H,2,6-9,12,15,20-23H2,1H3/b5-3+. The topological polar surface area (TPSA) is 0 Å². The van der Waals surface area contributed by atoms with Crippen LogP contribution in [0.2, 0.25) is 0 Å². The molecule has 0 bridgehead atoms. The van der Waals surface area contributed by atoms with Gasteiger partial charge >= 0.3 is 0 Å². The van der Waals surface area contributed by atoms with Crippen LogP contribution >= 0.6 is 0 Å². The van der Waals surface area contributed by atoms with Gasteiger partial charge in [0.2, 0.25) is 0 Å². The van der Waals surface area contributed by atoms with Crippen LogP contribution in [0.5, 0.6) is 0 Å². The van der Waals surface area contributed by atoms with Gasteiger partial charge in [-0.2, -0.15) is 0 Å². The van der Waals surface area contributed by atoms with Crippen molar-refractivity contribution in [3.8, 4) is 11.1 Å². The molecule has 4 rings (SSSR count). The zero-order chi connectivity index (χ0) is 21.5. The zero-order valence-corrected chi connectivity index (χ0v) is 19.4. The van der Waals surface area contributed by atoms with Crippen LogP contribution < -0.4 is 0 Å². The number of fused-ring (bicyclic) bond motifs is 1. The smallest absolute Gasteiger partial charge is 0.0159 e. The molecule has 4 atom stereocenters. The van der Waals surface area contributed by atoms with E-state index in [0.29, 0.717) is 0 Å². The largest absolute Gasteiger partial charge is 0.103 e. The first-order chi connectivity index (χ1) is 15.3. The first-order valence-corrected chi connectivity index (χ1v) is 12.7. The van der Waals surface area contributed by atoms with Gasteiger partial charge in [0.25, 0.3) is 0 Å². The van der Waals surface area contributed by atoms with Crippen molar-refractivity contribution in [2.45, 2.75) is 77.0 Å². The van der Waals surface area contributed by atoms with Crippen molar-refractivity contribution in [3.05, 3.63) is 84.5 Å². The molecule has 2 saturated carbocycles. The molecule has 0 heterocycles. The van der Waals surface area contributed by atoms with E-state index in [2.05, 4.69) is 74.2 Å². The van der Waals surface area contributed by atoms with E-state index in [9.17, 15) is 0 Å². The maximum absolute atomic E-state index is 3.82. The fourth-order valence-electron chi connectivity index (χ4n) is 6.13. The molecule has 31 heavy (non-hydrogen) atoms. The minimum absolute atomic E-state index is 0.774. The predicted octanol–water partition coefficient (Wildman–Crippen LogP) is 9.13. The Hall–Kier alpha value is -2.08. The molecule has 2 aromatic rings. The summed E-state index contributed by atoms with van der Waals surface area (Å²) in [6, 6.07) is 18.6. The van der Waals surface area contributed by atoms with Crippen molar-refractivity contribution in [3.63, 3.8) is 0 Å². The van der Waals surface area contributed by atoms with Crippen LogP contribution in [0.1, 0.15) is 81.8 Å². The van der Waals surface area contributed by atoms with Gasteiger partial charge in [-0.05, 0) is 111 Å². The number of hydrogen-bond donors (Lipinski definition) is 0. The molecule has 0 nitrogen and oxygen atoms in total. The molecule has 2 aromatic carbocycles. The van der Waals surface area contributed by atoms with Crippen LogP contribution in [-0.2, 0) is 6.42 Å². The molecule has 0 aromatic heterocycles. The van der Waals surface area contributed by atoms with Gasteiger partial charge in [-0.1, -0.05) is 73.2 Å². The number of aryl methyl sites for hydroxylation is 1. The molecule has 2 aliphatic rings. The summed E-state index contributed by atoms with van der Waals surface area (Å²) in [6.45, 7) is 5.97. The Morgan fingerprint density at radius 2 is 1.48 bits per heavy atom. The van der Waals surface area contributed by atoms with Crippen LogP contribution in [0.25, 0.3) is 11.1 Å². The van der Waals surface area contributed by atoms with Crippen molar-refractivity contribution in [2.24, 2.45) is 17.8 Å². The molecule has 0 radical (unpaired) electrons. The highest BCUT2D eigenvalue weighted by molar-refractivity contribution is 5.64. The van der Waals surface area contributed by atoms with E-state index < -0.39 is 0 Å². The zero-order valence-electron chi connectivity index (χ0n) is 19.4. The molecule has 0 saturated heterocycles. The van der Waals surface area contributed by atoms with Crippen LogP contribution in [0.4, 0.5) is 0 Å². The van der Waals surface area contributed by atoms with Gasteiger partial charge in [-0.15, -0.1) is 6.58 Å². The van der Waals surface area contributed by atoms with E-state index in [-0.39, 0.29) is 0 Å². The van der Waals surface area contributed by atoms with E-state index in [1.165, 1.54) is 68.1 Å². The van der Waals surface area contributed by atoms with Gasteiger partial charge in [0.1, 0.15) is 0 Å². The molecule has 0 N–H and O–H groups in total. The van der Waals surface area contributed by atoms with Crippen molar-refractivity contribution in [1.29, 1.82) is 0 Å². The molecule has 164 valence electrons. The van der Waals surface area contributed by atoms with Crippen molar-refractivity contribution in [2.75, 3.05) is 0 Å². The van der Waals surface area contributed by atoms with E-state index in [1.54, 1.807) is 5.56 Å². The second kappa shape index (κ2) is 11.0. The Morgan fingerprint density at radius 1 is 0.806 bits per heavy atom. The quantitative estimate of drug-likeness (QED) is 0.379. The Morgan fingerprint density at radius 3 is 2.19 bits per heavy atom. The van der Waals surface area contributed by atoms with Crippen molar-refractivity contribution < 1.29 is 0 Å². The summed E-state index contributed by atoms with van der Waals surface area (Å²) in [5.74, 6) is 3.73. The van der Waals surface area contributed by atoms with Crippen molar-refractivity contribution in [1.82, 2.24) is 0 Å². The molecular formula is C31H40. The lowest BCUT2D eigenvalue weighted by molar-refractivity contribution is 0.115. The van der Waals surface area contributed by atoms with Gasteiger partial charge in [0, 0.05) is 0 Å². The minimum atomic E-state index is 0.774. The minimum Gasteiger partial charge on any atom is -0.103 e.